The fraction of sp³-hybridized carbons (Fsp3) is 0.312. The molecule has 0 saturated carbocycles. The van der Waals surface area contributed by atoms with Crippen LogP contribution in [-0.2, 0) is 16.4 Å². The van der Waals surface area contributed by atoms with Gasteiger partial charge in [0.1, 0.15) is 5.82 Å². The fourth-order valence-electron chi connectivity index (χ4n) is 2.37. The van der Waals surface area contributed by atoms with Gasteiger partial charge in [0.2, 0.25) is 10.0 Å². The molecule has 0 fully saturated rings. The van der Waals surface area contributed by atoms with Crippen molar-refractivity contribution in [3.63, 3.8) is 0 Å². The molecule has 0 spiro atoms. The Kier molecular flexibility index (Phi) is 5.45. The largest absolute Gasteiger partial charge is 0.395 e. The van der Waals surface area contributed by atoms with Gasteiger partial charge < -0.3 is 10.4 Å². The van der Waals surface area contributed by atoms with Crippen LogP contribution in [0.1, 0.15) is 11.4 Å². The van der Waals surface area contributed by atoms with Gasteiger partial charge in [-0.1, -0.05) is 17.7 Å². The Balaban J connectivity index is 1.68. The summed E-state index contributed by atoms with van der Waals surface area (Å²) >= 11 is 0. The second-order valence-electron chi connectivity index (χ2n) is 5.72. The van der Waals surface area contributed by atoms with E-state index in [1.54, 1.807) is 40.9 Å². The third-order valence-electron chi connectivity index (χ3n) is 3.72. The van der Waals surface area contributed by atoms with E-state index in [1.807, 2.05) is 6.92 Å². The van der Waals surface area contributed by atoms with Crippen LogP contribution in [0.3, 0.4) is 0 Å². The molecule has 0 aliphatic heterocycles. The summed E-state index contributed by atoms with van der Waals surface area (Å²) in [5.41, 5.74) is 1.56. The van der Waals surface area contributed by atoms with Crippen molar-refractivity contribution in [1.29, 1.82) is 0 Å². The number of aromatic nitrogens is 4. The van der Waals surface area contributed by atoms with Crippen LogP contribution in [0.25, 0.3) is 5.65 Å². The van der Waals surface area contributed by atoms with Crippen molar-refractivity contribution >= 4 is 21.5 Å². The molecule has 26 heavy (non-hydrogen) atoms. The Morgan fingerprint density at radius 1 is 1.08 bits per heavy atom. The van der Waals surface area contributed by atoms with E-state index in [-0.39, 0.29) is 18.0 Å². The van der Waals surface area contributed by atoms with Crippen LogP contribution in [0.15, 0.2) is 41.3 Å². The highest BCUT2D eigenvalue weighted by Crippen LogP contribution is 2.10. The predicted molar refractivity (Wildman–Crippen MR) is 96.4 cm³/mol. The lowest BCUT2D eigenvalue weighted by Crippen LogP contribution is -2.26. The van der Waals surface area contributed by atoms with Crippen LogP contribution in [0.4, 0.5) is 5.82 Å². The van der Waals surface area contributed by atoms with Crippen LogP contribution < -0.4 is 10.0 Å². The van der Waals surface area contributed by atoms with Crippen molar-refractivity contribution in [2.45, 2.75) is 18.2 Å². The first-order valence-electron chi connectivity index (χ1n) is 8.12. The van der Waals surface area contributed by atoms with Gasteiger partial charge in [-0.05, 0) is 31.2 Å². The Hall–Kier alpha value is -2.56. The summed E-state index contributed by atoms with van der Waals surface area (Å²) in [7, 11) is -3.57. The first-order valence-corrected chi connectivity index (χ1v) is 9.60. The van der Waals surface area contributed by atoms with Gasteiger partial charge in [0.05, 0.1) is 11.5 Å². The number of hydrogen-bond acceptors (Lipinski definition) is 7. The molecule has 0 atom stereocenters. The molecule has 3 N–H and O–H groups in total. The number of sulfonamides is 1. The van der Waals surface area contributed by atoms with E-state index < -0.39 is 10.0 Å². The Labute approximate surface area is 151 Å². The maximum absolute atomic E-state index is 12.3. The minimum Gasteiger partial charge on any atom is -0.395 e. The smallest absolute Gasteiger partial charge is 0.240 e. The van der Waals surface area contributed by atoms with Crippen molar-refractivity contribution in [1.82, 2.24) is 24.5 Å². The molecule has 2 aromatic heterocycles. The Morgan fingerprint density at radius 3 is 2.58 bits per heavy atom. The summed E-state index contributed by atoms with van der Waals surface area (Å²) in [6.45, 7) is 2.45. The normalized spacial score (nSPS) is 11.8. The molecule has 0 unspecified atom stereocenters. The lowest BCUT2D eigenvalue weighted by Gasteiger charge is -2.07. The maximum atomic E-state index is 12.3. The topological polar surface area (TPSA) is 122 Å². The second-order valence-corrected chi connectivity index (χ2v) is 7.48. The zero-order chi connectivity index (χ0) is 18.6. The van der Waals surface area contributed by atoms with E-state index in [0.29, 0.717) is 30.3 Å². The number of nitrogens with one attached hydrogen (secondary N) is 2. The fourth-order valence-corrected chi connectivity index (χ4v) is 3.40. The summed E-state index contributed by atoms with van der Waals surface area (Å²) in [6.07, 6.45) is 0.336. The van der Waals surface area contributed by atoms with E-state index in [4.69, 9.17) is 5.11 Å². The van der Waals surface area contributed by atoms with Crippen LogP contribution in [-0.4, -0.2) is 53.0 Å². The molecule has 0 aliphatic carbocycles. The predicted octanol–water partition coefficient (Wildman–Crippen LogP) is 0.358. The Morgan fingerprint density at radius 2 is 1.85 bits per heavy atom. The standard InChI is InChI=1S/C16H20N6O3S/c1-12-2-4-13(5-3-12)26(24,25)18-9-8-16-20-19-15-7-6-14(17-10-11-23)21-22(15)16/h2-7,18,23H,8-11H2,1H3,(H,17,21). The maximum Gasteiger partial charge on any atom is 0.240 e. The second kappa shape index (κ2) is 7.77. The number of nitrogens with zero attached hydrogens (tertiary/aromatic N) is 4. The van der Waals surface area contributed by atoms with E-state index in [9.17, 15) is 8.42 Å². The molecule has 0 saturated heterocycles. The number of aliphatic hydroxyl groups excluding tert-OH is 1. The van der Waals surface area contributed by atoms with Crippen molar-refractivity contribution in [2.24, 2.45) is 0 Å². The van der Waals surface area contributed by atoms with E-state index in [1.165, 1.54) is 0 Å². The SMILES string of the molecule is Cc1ccc(S(=O)(=O)NCCc2nnc3ccc(NCCO)nn23)cc1. The number of rotatable bonds is 8. The zero-order valence-electron chi connectivity index (χ0n) is 14.3. The lowest BCUT2D eigenvalue weighted by atomic mass is 10.2. The molecule has 1 aromatic carbocycles. The molecule has 3 aromatic rings. The van der Waals surface area contributed by atoms with Gasteiger partial charge in [0, 0.05) is 19.5 Å². The first kappa shape index (κ1) is 18.2. The summed E-state index contributed by atoms with van der Waals surface area (Å²) in [5.74, 6) is 1.12. The molecule has 0 aliphatic rings. The van der Waals surface area contributed by atoms with Crippen LogP contribution in [0, 0.1) is 6.92 Å². The molecule has 10 heteroatoms. The van der Waals surface area contributed by atoms with Crippen LogP contribution in [0.2, 0.25) is 0 Å². The Bertz CT molecular complexity index is 985. The van der Waals surface area contributed by atoms with Crippen molar-refractivity contribution in [3.8, 4) is 0 Å². The third-order valence-corrected chi connectivity index (χ3v) is 5.19. The van der Waals surface area contributed by atoms with E-state index in [2.05, 4.69) is 25.3 Å². The average molecular weight is 376 g/mol. The summed E-state index contributed by atoms with van der Waals surface area (Å²) < 4.78 is 28.7. The zero-order valence-corrected chi connectivity index (χ0v) is 15.1. The average Bonchev–Trinajstić information content (AvgIpc) is 3.02. The van der Waals surface area contributed by atoms with Crippen molar-refractivity contribution < 1.29 is 13.5 Å². The number of aryl methyl sites for hydroxylation is 1. The van der Waals surface area contributed by atoms with Crippen LogP contribution >= 0.6 is 0 Å². The summed E-state index contributed by atoms with van der Waals surface area (Å²) in [5, 5.41) is 24.3. The van der Waals surface area contributed by atoms with Gasteiger partial charge in [0.15, 0.2) is 11.5 Å². The molecule has 3 rings (SSSR count). The van der Waals surface area contributed by atoms with Gasteiger partial charge >= 0.3 is 0 Å². The third kappa shape index (κ3) is 4.15. The van der Waals surface area contributed by atoms with Gasteiger partial charge in [0.25, 0.3) is 0 Å². The van der Waals surface area contributed by atoms with Gasteiger partial charge in [-0.3, -0.25) is 0 Å². The van der Waals surface area contributed by atoms with Gasteiger partial charge in [-0.2, -0.15) is 4.52 Å². The van der Waals surface area contributed by atoms with Crippen LogP contribution in [0.5, 0.6) is 0 Å². The quantitative estimate of drug-likeness (QED) is 0.519. The number of fused-ring (bicyclic) bond motifs is 1. The van der Waals surface area contributed by atoms with Gasteiger partial charge in [-0.15, -0.1) is 15.3 Å². The molecule has 0 radical (unpaired) electrons. The highest BCUT2D eigenvalue weighted by Gasteiger charge is 2.14. The van der Waals surface area contributed by atoms with E-state index in [0.717, 1.165) is 5.56 Å². The minimum absolute atomic E-state index is 0.00442. The molecule has 0 amide bonds. The molecule has 2 heterocycles. The molecule has 0 bridgehead atoms. The minimum atomic E-state index is -3.57. The van der Waals surface area contributed by atoms with Gasteiger partial charge in [-0.25, -0.2) is 13.1 Å². The molecular formula is C16H20N6O3S. The highest BCUT2D eigenvalue weighted by atomic mass is 32.2. The first-order chi connectivity index (χ1) is 12.5. The molecule has 9 nitrogen and oxygen atoms in total. The molecular weight excluding hydrogens is 356 g/mol. The monoisotopic (exact) mass is 376 g/mol. The number of anilines is 1. The number of aliphatic hydroxyl groups is 1. The number of hydrogen-bond donors (Lipinski definition) is 3. The van der Waals surface area contributed by atoms with Crippen molar-refractivity contribution in [2.75, 3.05) is 25.0 Å². The lowest BCUT2D eigenvalue weighted by molar-refractivity contribution is 0.311. The summed E-state index contributed by atoms with van der Waals surface area (Å²) in [6, 6.07) is 10.1. The number of benzene rings is 1. The summed E-state index contributed by atoms with van der Waals surface area (Å²) in [4.78, 5) is 0.225. The highest BCUT2D eigenvalue weighted by molar-refractivity contribution is 7.89. The van der Waals surface area contributed by atoms with E-state index >= 15 is 0 Å². The molecule has 138 valence electrons. The van der Waals surface area contributed by atoms with Crippen molar-refractivity contribution in [3.05, 3.63) is 47.8 Å².